The lowest BCUT2D eigenvalue weighted by molar-refractivity contribution is -0.387. The van der Waals surface area contributed by atoms with Gasteiger partial charge in [-0.05, 0) is 31.9 Å². The van der Waals surface area contributed by atoms with Gasteiger partial charge in [-0.2, -0.15) is 0 Å². The summed E-state index contributed by atoms with van der Waals surface area (Å²) < 4.78 is 4.86. The van der Waals surface area contributed by atoms with Crippen LogP contribution in [0.1, 0.15) is 32.3 Å². The minimum absolute atomic E-state index is 0.112. The molecule has 1 aromatic rings. The molecule has 0 heterocycles. The highest BCUT2D eigenvalue weighted by Gasteiger charge is 2.17. The smallest absolute Gasteiger partial charge is 0.305 e. The summed E-state index contributed by atoms with van der Waals surface area (Å²) >= 11 is 1.42. The van der Waals surface area contributed by atoms with Crippen LogP contribution in [0.5, 0.6) is 0 Å². The van der Waals surface area contributed by atoms with Crippen molar-refractivity contribution in [1.82, 2.24) is 0 Å². The van der Waals surface area contributed by atoms with Crippen LogP contribution < -0.4 is 0 Å². The zero-order valence-corrected chi connectivity index (χ0v) is 12.7. The number of rotatable bonds is 7. The van der Waals surface area contributed by atoms with Crippen LogP contribution >= 0.6 is 11.8 Å². The van der Waals surface area contributed by atoms with Gasteiger partial charge >= 0.3 is 5.97 Å². The van der Waals surface area contributed by atoms with Gasteiger partial charge in [-0.1, -0.05) is 13.0 Å². The summed E-state index contributed by atoms with van der Waals surface area (Å²) in [7, 11) is 0. The van der Waals surface area contributed by atoms with Crippen LogP contribution in [-0.4, -0.2) is 22.7 Å². The van der Waals surface area contributed by atoms with E-state index in [0.717, 1.165) is 5.56 Å². The number of carbonyl (C=O) groups excluding carboxylic acids is 1. The predicted molar refractivity (Wildman–Crippen MR) is 79.0 cm³/mol. The van der Waals surface area contributed by atoms with Gasteiger partial charge in [0.25, 0.3) is 5.69 Å². The molecule has 0 bridgehead atoms. The average molecular weight is 297 g/mol. The molecule has 0 aliphatic carbocycles. The molecule has 0 spiro atoms. The fourth-order valence-electron chi connectivity index (χ4n) is 1.70. The van der Waals surface area contributed by atoms with Crippen LogP contribution in [0.2, 0.25) is 0 Å². The number of nitro groups is 1. The van der Waals surface area contributed by atoms with Crippen molar-refractivity contribution >= 4 is 23.4 Å². The van der Waals surface area contributed by atoms with Crippen molar-refractivity contribution in [3.05, 3.63) is 33.9 Å². The number of hydrogen-bond donors (Lipinski definition) is 0. The Kier molecular flexibility index (Phi) is 6.51. The zero-order chi connectivity index (χ0) is 15.1. The Hall–Kier alpha value is -1.56. The first-order chi connectivity index (χ1) is 9.43. The van der Waals surface area contributed by atoms with Gasteiger partial charge in [0, 0.05) is 17.7 Å². The molecule has 0 saturated heterocycles. The molecule has 0 fully saturated rings. The molecular weight excluding hydrogens is 278 g/mol. The first-order valence-corrected chi connectivity index (χ1v) is 7.39. The van der Waals surface area contributed by atoms with Gasteiger partial charge in [0.05, 0.1) is 16.4 Å². The minimum atomic E-state index is -0.368. The van der Waals surface area contributed by atoms with Gasteiger partial charge in [-0.3, -0.25) is 14.9 Å². The molecule has 0 amide bonds. The van der Waals surface area contributed by atoms with E-state index in [1.165, 1.54) is 11.8 Å². The van der Waals surface area contributed by atoms with E-state index >= 15 is 0 Å². The Morgan fingerprint density at radius 2 is 2.20 bits per heavy atom. The highest BCUT2D eigenvalue weighted by atomic mass is 32.2. The molecule has 6 heteroatoms. The maximum absolute atomic E-state index is 11.3. The van der Waals surface area contributed by atoms with E-state index in [1.807, 2.05) is 19.9 Å². The van der Waals surface area contributed by atoms with Gasteiger partial charge in [0.2, 0.25) is 0 Å². The molecule has 5 nitrogen and oxygen atoms in total. The van der Waals surface area contributed by atoms with Gasteiger partial charge in [0.15, 0.2) is 0 Å². The summed E-state index contributed by atoms with van der Waals surface area (Å²) in [4.78, 5) is 22.6. The Bertz CT molecular complexity index is 490. The van der Waals surface area contributed by atoms with E-state index < -0.39 is 0 Å². The van der Waals surface area contributed by atoms with Gasteiger partial charge in [0.1, 0.15) is 0 Å². The average Bonchev–Trinajstić information content (AvgIpc) is 2.38. The van der Waals surface area contributed by atoms with Crippen molar-refractivity contribution in [2.75, 3.05) is 6.61 Å². The van der Waals surface area contributed by atoms with Crippen molar-refractivity contribution in [1.29, 1.82) is 0 Å². The lowest BCUT2D eigenvalue weighted by atomic mass is 10.2. The fraction of sp³-hybridized carbons (Fsp3) is 0.500. The van der Waals surface area contributed by atoms with E-state index in [2.05, 4.69) is 0 Å². The summed E-state index contributed by atoms with van der Waals surface area (Å²) in [6, 6.07) is 5.19. The van der Waals surface area contributed by atoms with Crippen LogP contribution in [0, 0.1) is 17.0 Å². The third-order valence-corrected chi connectivity index (χ3v) is 3.94. The normalized spacial score (nSPS) is 11.9. The molecular formula is C14H19NO4S. The topological polar surface area (TPSA) is 69.4 Å². The van der Waals surface area contributed by atoms with Crippen molar-refractivity contribution in [2.45, 2.75) is 43.8 Å². The summed E-state index contributed by atoms with van der Waals surface area (Å²) in [6.45, 7) is 5.93. The van der Waals surface area contributed by atoms with Crippen molar-refractivity contribution in [2.24, 2.45) is 0 Å². The number of hydrogen-bond acceptors (Lipinski definition) is 5. The van der Waals surface area contributed by atoms with Gasteiger partial charge in [-0.15, -0.1) is 11.8 Å². The number of ether oxygens (including phenoxy) is 1. The Morgan fingerprint density at radius 3 is 2.80 bits per heavy atom. The molecule has 0 saturated carbocycles. The molecule has 0 unspecified atom stereocenters. The molecule has 20 heavy (non-hydrogen) atoms. The highest BCUT2D eigenvalue weighted by molar-refractivity contribution is 8.00. The predicted octanol–water partition coefficient (Wildman–Crippen LogP) is 3.73. The molecule has 1 aromatic carbocycles. The molecule has 0 aliphatic rings. The van der Waals surface area contributed by atoms with Crippen molar-refractivity contribution in [3.8, 4) is 0 Å². The number of carbonyl (C=O) groups is 1. The molecule has 0 radical (unpaired) electrons. The number of nitro benzene ring substituents is 1. The molecule has 0 aliphatic heterocycles. The van der Waals surface area contributed by atoms with Gasteiger partial charge in [-0.25, -0.2) is 0 Å². The quantitative estimate of drug-likeness (QED) is 0.332. The number of benzene rings is 1. The minimum Gasteiger partial charge on any atom is -0.466 e. The summed E-state index contributed by atoms with van der Waals surface area (Å²) in [5.41, 5.74) is 0.984. The SMILES string of the molecule is CCOC(=O)CC[C@H](C)Sc1ccc(C)cc1[N+](=O)[O-]. The molecule has 1 atom stereocenters. The van der Waals surface area contributed by atoms with E-state index in [9.17, 15) is 14.9 Å². The summed E-state index contributed by atoms with van der Waals surface area (Å²) in [6.07, 6.45) is 0.968. The summed E-state index contributed by atoms with van der Waals surface area (Å²) in [5, 5.41) is 11.1. The molecule has 110 valence electrons. The largest absolute Gasteiger partial charge is 0.466 e. The second kappa shape index (κ2) is 7.89. The third kappa shape index (κ3) is 5.21. The zero-order valence-electron chi connectivity index (χ0n) is 11.9. The Labute approximate surface area is 122 Å². The first-order valence-electron chi connectivity index (χ1n) is 6.51. The van der Waals surface area contributed by atoms with E-state index in [1.54, 1.807) is 19.1 Å². The Morgan fingerprint density at radius 1 is 1.50 bits per heavy atom. The lowest BCUT2D eigenvalue weighted by Gasteiger charge is -2.11. The van der Waals surface area contributed by atoms with Crippen LogP contribution in [0.3, 0.4) is 0 Å². The van der Waals surface area contributed by atoms with Crippen molar-refractivity contribution < 1.29 is 14.5 Å². The molecule has 0 aromatic heterocycles. The monoisotopic (exact) mass is 297 g/mol. The highest BCUT2D eigenvalue weighted by Crippen LogP contribution is 2.34. The standard InChI is InChI=1S/C14H19NO4S/c1-4-19-14(16)8-6-11(3)20-13-7-5-10(2)9-12(13)15(17)18/h5,7,9,11H,4,6,8H2,1-3H3/t11-/m0/s1. The van der Waals surface area contributed by atoms with Crippen molar-refractivity contribution in [3.63, 3.8) is 0 Å². The van der Waals surface area contributed by atoms with E-state index in [4.69, 9.17) is 4.74 Å². The first kappa shape index (κ1) is 16.5. The second-order valence-corrected chi connectivity index (χ2v) is 5.98. The molecule has 0 N–H and O–H groups in total. The number of nitrogens with zero attached hydrogens (tertiary/aromatic N) is 1. The van der Waals surface area contributed by atoms with Crippen LogP contribution in [0.4, 0.5) is 5.69 Å². The van der Waals surface area contributed by atoms with Crippen LogP contribution in [0.25, 0.3) is 0 Å². The summed E-state index contributed by atoms with van der Waals surface area (Å²) in [5.74, 6) is -0.224. The molecule has 1 rings (SSSR count). The number of thioether (sulfide) groups is 1. The lowest BCUT2D eigenvalue weighted by Crippen LogP contribution is -2.07. The fourth-order valence-corrected chi connectivity index (χ4v) is 2.77. The number of aryl methyl sites for hydroxylation is 1. The maximum atomic E-state index is 11.3. The van der Waals surface area contributed by atoms with E-state index in [0.29, 0.717) is 24.3 Å². The third-order valence-electron chi connectivity index (χ3n) is 2.70. The second-order valence-electron chi connectivity index (χ2n) is 4.50. The maximum Gasteiger partial charge on any atom is 0.305 e. The van der Waals surface area contributed by atoms with Crippen LogP contribution in [-0.2, 0) is 9.53 Å². The van der Waals surface area contributed by atoms with E-state index in [-0.39, 0.29) is 21.8 Å². The van der Waals surface area contributed by atoms with Gasteiger partial charge < -0.3 is 4.74 Å². The van der Waals surface area contributed by atoms with Crippen LogP contribution in [0.15, 0.2) is 23.1 Å². The number of esters is 1. The Balaban J connectivity index is 2.64.